The Balaban J connectivity index is 2.12. The zero-order valence-electron chi connectivity index (χ0n) is 13.5. The first-order valence-corrected chi connectivity index (χ1v) is 5.43. The van der Waals surface area contributed by atoms with E-state index in [2.05, 4.69) is 0 Å². The van der Waals surface area contributed by atoms with E-state index in [4.69, 9.17) is 5.48 Å². The molecule has 2 aliphatic rings. The fourth-order valence-corrected chi connectivity index (χ4v) is 2.04. The Kier molecular flexibility index (Phi) is 1.65. The van der Waals surface area contributed by atoms with Crippen LogP contribution in [0.3, 0.4) is 0 Å². The Morgan fingerprint density at radius 2 is 1.68 bits per heavy atom. The Labute approximate surface area is 114 Å². The first-order valence-electron chi connectivity index (χ1n) is 7.43. The van der Waals surface area contributed by atoms with E-state index in [9.17, 15) is 19.2 Å². The van der Waals surface area contributed by atoms with E-state index < -0.39 is 42.4 Å². The van der Waals surface area contributed by atoms with Crippen LogP contribution < -0.4 is 5.32 Å². The average Bonchev–Trinajstić information content (AvgIpc) is 2.71. The predicted octanol–water partition coefficient (Wildman–Crippen LogP) is 0.0878. The molecule has 0 aromatic heterocycles. The van der Waals surface area contributed by atoms with Crippen molar-refractivity contribution >= 4 is 23.6 Å². The topological polar surface area (TPSA) is 83.6 Å². The molecule has 0 saturated carbocycles. The maximum absolute atomic E-state index is 12.4. The van der Waals surface area contributed by atoms with Gasteiger partial charge in [0.05, 0.1) is 11.1 Å². The maximum Gasteiger partial charge on any atom is 0.262 e. The van der Waals surface area contributed by atoms with E-state index >= 15 is 0 Å². The molecule has 96 valence electrons. The minimum Gasteiger partial charge on any atom is -0.295 e. The number of carbonyl (C=O) groups excluding carboxylic acids is 4. The van der Waals surface area contributed by atoms with Crippen LogP contribution in [0.4, 0.5) is 0 Å². The minimum absolute atomic E-state index is 0.00133. The quantitative estimate of drug-likeness (QED) is 0.727. The van der Waals surface area contributed by atoms with Gasteiger partial charge in [0.2, 0.25) is 11.8 Å². The zero-order chi connectivity index (χ0) is 17.2. The number of piperidine rings is 1. The Bertz CT molecular complexity index is 742. The fourth-order valence-electron chi connectivity index (χ4n) is 2.04. The van der Waals surface area contributed by atoms with Crippen molar-refractivity contribution in [2.45, 2.75) is 18.8 Å². The number of nitrogens with zero attached hydrogens (tertiary/aromatic N) is 1. The molecule has 0 bridgehead atoms. The number of benzene rings is 1. The van der Waals surface area contributed by atoms with E-state index in [1.807, 2.05) is 0 Å². The smallest absolute Gasteiger partial charge is 0.262 e. The van der Waals surface area contributed by atoms with Crippen molar-refractivity contribution in [2.75, 3.05) is 0 Å². The third kappa shape index (κ3) is 1.64. The second kappa shape index (κ2) is 4.01. The van der Waals surface area contributed by atoms with E-state index in [1.54, 1.807) is 5.32 Å². The van der Waals surface area contributed by atoms with E-state index in [-0.39, 0.29) is 11.1 Å². The van der Waals surface area contributed by atoms with Crippen molar-refractivity contribution in [2.24, 2.45) is 0 Å². The molecule has 0 spiro atoms. The van der Waals surface area contributed by atoms with Crippen molar-refractivity contribution in [1.82, 2.24) is 10.2 Å². The lowest BCUT2D eigenvalue weighted by Crippen LogP contribution is -2.54. The van der Waals surface area contributed by atoms with Gasteiger partial charge in [-0.1, -0.05) is 12.1 Å². The number of amides is 4. The van der Waals surface area contributed by atoms with Crippen molar-refractivity contribution < 1.29 is 24.7 Å². The number of fused-ring (bicyclic) bond motifs is 1. The third-order valence-electron chi connectivity index (χ3n) is 2.89. The van der Waals surface area contributed by atoms with Crippen LogP contribution in [-0.4, -0.2) is 34.6 Å². The Morgan fingerprint density at radius 1 is 1.11 bits per heavy atom. The van der Waals surface area contributed by atoms with E-state index in [0.717, 1.165) is 0 Å². The van der Waals surface area contributed by atoms with Gasteiger partial charge in [0.1, 0.15) is 6.04 Å². The van der Waals surface area contributed by atoms with Gasteiger partial charge < -0.3 is 0 Å². The molecule has 6 heteroatoms. The first kappa shape index (κ1) is 7.83. The third-order valence-corrected chi connectivity index (χ3v) is 2.89. The van der Waals surface area contributed by atoms with Crippen LogP contribution in [0.1, 0.15) is 38.9 Å². The van der Waals surface area contributed by atoms with Gasteiger partial charge in [-0.2, -0.15) is 0 Å². The summed E-state index contributed by atoms with van der Waals surface area (Å²) in [6, 6.07) is 3.64. The zero-order valence-corrected chi connectivity index (χ0v) is 9.47. The monoisotopic (exact) mass is 262 g/mol. The summed E-state index contributed by atoms with van der Waals surface area (Å²) >= 11 is 0. The van der Waals surface area contributed by atoms with Crippen LogP contribution in [0, 0.1) is 0 Å². The summed E-state index contributed by atoms with van der Waals surface area (Å²) in [4.78, 5) is 48.7. The lowest BCUT2D eigenvalue weighted by Gasteiger charge is -2.27. The highest BCUT2D eigenvalue weighted by Gasteiger charge is 2.44. The van der Waals surface area contributed by atoms with Crippen LogP contribution >= 0.6 is 0 Å². The lowest BCUT2D eigenvalue weighted by atomic mass is 10.0. The van der Waals surface area contributed by atoms with Crippen LogP contribution in [0.2, 0.25) is 0 Å². The number of hydrogen-bond donors (Lipinski definition) is 1. The Morgan fingerprint density at radius 3 is 2.26 bits per heavy atom. The normalized spacial score (nSPS) is 30.9. The molecule has 3 rings (SSSR count). The summed E-state index contributed by atoms with van der Waals surface area (Å²) in [5.74, 6) is -4.48. The van der Waals surface area contributed by atoms with Crippen LogP contribution in [0.25, 0.3) is 0 Å². The highest BCUT2D eigenvalue weighted by Crippen LogP contribution is 2.26. The van der Waals surface area contributed by atoms with Crippen LogP contribution in [0.15, 0.2) is 24.3 Å². The van der Waals surface area contributed by atoms with Gasteiger partial charge in [0.15, 0.2) is 0 Å². The van der Waals surface area contributed by atoms with Crippen molar-refractivity contribution in [1.29, 1.82) is 0 Å². The highest BCUT2D eigenvalue weighted by atomic mass is 16.2. The van der Waals surface area contributed by atoms with Crippen molar-refractivity contribution in [3.63, 3.8) is 0 Å². The lowest BCUT2D eigenvalue weighted by molar-refractivity contribution is -0.136. The highest BCUT2D eigenvalue weighted by molar-refractivity contribution is 6.23. The standard InChI is InChI=1S/C13H10N2O4/c16-10-6-5-9(11(17)14-10)15-12(18)7-3-1-2-4-8(7)13(15)19/h1-4,9H,5-6H2,(H,14,16,17)/i5D2,6D2. The molecule has 6 nitrogen and oxygen atoms in total. The molecular formula is C13H10N2O4. The van der Waals surface area contributed by atoms with Gasteiger partial charge in [0.25, 0.3) is 11.8 Å². The summed E-state index contributed by atoms with van der Waals surface area (Å²) in [7, 11) is 0. The van der Waals surface area contributed by atoms with Crippen molar-refractivity contribution in [3.8, 4) is 0 Å². The summed E-state index contributed by atoms with van der Waals surface area (Å²) in [6.07, 6.45) is -6.15. The molecular weight excluding hydrogens is 248 g/mol. The molecule has 1 atom stereocenters. The molecule has 1 unspecified atom stereocenters. The first-order chi connectivity index (χ1) is 10.6. The summed E-state index contributed by atoms with van der Waals surface area (Å²) in [5.41, 5.74) is -0.00266. The second-order valence-corrected chi connectivity index (χ2v) is 4.02. The largest absolute Gasteiger partial charge is 0.295 e. The second-order valence-electron chi connectivity index (χ2n) is 4.02. The molecule has 1 aromatic carbocycles. The number of carbonyl (C=O) groups is 4. The maximum atomic E-state index is 12.4. The molecule has 0 aliphatic carbocycles. The SMILES string of the molecule is [2H]C1([2H])C(=O)NC(=O)C(N2C(=O)c3ccccc3C2=O)C1([2H])[2H]. The molecule has 1 fully saturated rings. The molecule has 0 radical (unpaired) electrons. The molecule has 1 saturated heterocycles. The summed E-state index contributed by atoms with van der Waals surface area (Å²) < 4.78 is 30.9. The summed E-state index contributed by atoms with van der Waals surface area (Å²) in [6.45, 7) is 0. The molecule has 19 heavy (non-hydrogen) atoms. The van der Waals surface area contributed by atoms with Crippen molar-refractivity contribution in [3.05, 3.63) is 35.4 Å². The number of imide groups is 2. The number of rotatable bonds is 1. The minimum atomic E-state index is -3.08. The van der Waals surface area contributed by atoms with Crippen LogP contribution in [0.5, 0.6) is 0 Å². The Hall–Kier alpha value is -2.50. The van der Waals surface area contributed by atoms with Gasteiger partial charge in [-0.3, -0.25) is 29.4 Å². The van der Waals surface area contributed by atoms with Gasteiger partial charge in [-0.25, -0.2) is 0 Å². The predicted molar refractivity (Wildman–Crippen MR) is 63.1 cm³/mol. The van der Waals surface area contributed by atoms with Gasteiger partial charge in [-0.05, 0) is 18.5 Å². The van der Waals surface area contributed by atoms with Crippen LogP contribution in [-0.2, 0) is 9.59 Å². The molecule has 2 aliphatic heterocycles. The summed E-state index contributed by atoms with van der Waals surface area (Å²) in [5, 5.41) is 1.68. The fraction of sp³-hybridized carbons (Fsp3) is 0.231. The molecule has 4 amide bonds. The molecule has 1 N–H and O–H groups in total. The van der Waals surface area contributed by atoms with Gasteiger partial charge >= 0.3 is 0 Å². The average molecular weight is 262 g/mol. The van der Waals surface area contributed by atoms with E-state index in [1.165, 1.54) is 24.3 Å². The number of hydrogen-bond acceptors (Lipinski definition) is 4. The number of nitrogens with one attached hydrogen (secondary N) is 1. The van der Waals surface area contributed by atoms with Gasteiger partial charge in [-0.15, -0.1) is 0 Å². The van der Waals surface area contributed by atoms with E-state index in [0.29, 0.717) is 4.90 Å². The molecule has 1 aromatic rings. The van der Waals surface area contributed by atoms with Gasteiger partial charge in [0, 0.05) is 11.9 Å². The molecule has 2 heterocycles.